The van der Waals surface area contributed by atoms with Crippen LogP contribution in [0.25, 0.3) is 4.96 Å². The fourth-order valence-electron chi connectivity index (χ4n) is 4.90. The number of nitrogens with zero attached hydrogens (tertiary/aromatic N) is 3. The maximum absolute atomic E-state index is 5.03. The highest BCUT2D eigenvalue weighted by Gasteiger charge is 2.21. The molecule has 3 nitrogen and oxygen atoms in total. The molecule has 0 atom stereocenters. The van der Waals surface area contributed by atoms with Crippen molar-refractivity contribution in [3.8, 4) is 0 Å². The van der Waals surface area contributed by atoms with Crippen LogP contribution in [-0.2, 0) is 0 Å². The van der Waals surface area contributed by atoms with Gasteiger partial charge in [-0.15, -0.1) is 0 Å². The molecule has 0 bridgehead atoms. The summed E-state index contributed by atoms with van der Waals surface area (Å²) < 4.78 is 2.11. The molecule has 0 aliphatic heterocycles. The minimum Gasteiger partial charge on any atom is -0.222 e. The third kappa shape index (κ3) is 4.68. The summed E-state index contributed by atoms with van der Waals surface area (Å²) in [6.45, 7) is 0. The summed E-state index contributed by atoms with van der Waals surface area (Å²) in [4.78, 5) is 6.17. The highest BCUT2D eigenvalue weighted by Crippen LogP contribution is 2.35. The van der Waals surface area contributed by atoms with E-state index in [9.17, 15) is 0 Å². The van der Waals surface area contributed by atoms with E-state index in [2.05, 4.69) is 10.7 Å². The number of fused-ring (bicyclic) bond motifs is 1. The Hall–Kier alpha value is -0.900. The molecule has 26 heavy (non-hydrogen) atoms. The van der Waals surface area contributed by atoms with Crippen LogP contribution < -0.4 is 0 Å². The molecule has 4 heteroatoms. The van der Waals surface area contributed by atoms with Crippen LogP contribution in [0, 0.1) is 0 Å². The van der Waals surface area contributed by atoms with Gasteiger partial charge in [-0.05, 0) is 25.7 Å². The van der Waals surface area contributed by atoms with Gasteiger partial charge in [0.1, 0.15) is 5.01 Å². The van der Waals surface area contributed by atoms with E-state index in [4.69, 9.17) is 10.1 Å². The molecule has 2 aromatic heterocycles. The van der Waals surface area contributed by atoms with Crippen molar-refractivity contribution in [2.75, 3.05) is 0 Å². The average Bonchev–Trinajstić information content (AvgIpc) is 3.26. The summed E-state index contributed by atoms with van der Waals surface area (Å²) in [6, 6.07) is 0. The van der Waals surface area contributed by atoms with Gasteiger partial charge in [0.2, 0.25) is 4.96 Å². The minimum absolute atomic E-state index is 0.662. The molecule has 2 aromatic rings. The zero-order chi connectivity index (χ0) is 17.6. The average molecular weight is 374 g/mol. The van der Waals surface area contributed by atoms with E-state index in [0.717, 1.165) is 4.96 Å². The lowest BCUT2D eigenvalue weighted by Crippen LogP contribution is -2.01. The monoisotopic (exact) mass is 373 g/mol. The summed E-state index contributed by atoms with van der Waals surface area (Å²) in [6.07, 6.45) is 24.4. The van der Waals surface area contributed by atoms with Crippen molar-refractivity contribution in [1.82, 2.24) is 14.6 Å². The zero-order valence-corrected chi connectivity index (χ0v) is 17.1. The predicted octanol–water partition coefficient (Wildman–Crippen LogP) is 7.23. The van der Waals surface area contributed by atoms with Crippen LogP contribution in [-0.4, -0.2) is 14.6 Å². The molecule has 0 unspecified atom stereocenters. The molecule has 0 amide bonds. The first-order valence-corrected chi connectivity index (χ1v) is 12.1. The number of rotatable bonds is 2. The lowest BCUT2D eigenvalue weighted by molar-refractivity contribution is 0.527. The van der Waals surface area contributed by atoms with Gasteiger partial charge in [0, 0.05) is 11.8 Å². The standard InChI is InChI=1S/C22H35N3S/c1-2-6-10-14-18(13-9-5-1)20-17-25-22(23-20)26-21(24-25)19-15-11-7-3-4-8-12-16-19/h17-19H,1-16H2. The number of hydrogen-bond donors (Lipinski definition) is 0. The molecule has 144 valence electrons. The van der Waals surface area contributed by atoms with Crippen LogP contribution in [0.4, 0.5) is 0 Å². The Kier molecular flexibility index (Phi) is 6.63. The van der Waals surface area contributed by atoms with Gasteiger partial charge in [0.25, 0.3) is 0 Å². The molecular formula is C22H35N3S. The second-order valence-electron chi connectivity index (χ2n) is 8.62. The van der Waals surface area contributed by atoms with Gasteiger partial charge in [-0.3, -0.25) is 0 Å². The second kappa shape index (κ2) is 9.34. The van der Waals surface area contributed by atoms with E-state index in [1.165, 1.54) is 113 Å². The topological polar surface area (TPSA) is 30.2 Å². The van der Waals surface area contributed by atoms with Gasteiger partial charge in [-0.1, -0.05) is 88.4 Å². The smallest absolute Gasteiger partial charge is 0.212 e. The van der Waals surface area contributed by atoms with E-state index >= 15 is 0 Å². The Balaban J connectivity index is 1.47. The molecule has 2 heterocycles. The molecule has 0 saturated heterocycles. The van der Waals surface area contributed by atoms with Crippen LogP contribution in [0.3, 0.4) is 0 Å². The lowest BCUT2D eigenvalue weighted by atomic mass is 9.94. The summed E-state index contributed by atoms with van der Waals surface area (Å²) in [7, 11) is 0. The third-order valence-electron chi connectivity index (χ3n) is 6.56. The van der Waals surface area contributed by atoms with Crippen molar-refractivity contribution in [3.63, 3.8) is 0 Å². The largest absolute Gasteiger partial charge is 0.222 e. The normalized spacial score (nSPS) is 22.9. The lowest BCUT2D eigenvalue weighted by Gasteiger charge is -2.13. The first kappa shape index (κ1) is 18.5. The Morgan fingerprint density at radius 3 is 1.73 bits per heavy atom. The van der Waals surface area contributed by atoms with Crippen molar-refractivity contribution < 1.29 is 0 Å². The van der Waals surface area contributed by atoms with E-state index in [-0.39, 0.29) is 0 Å². The fraction of sp³-hybridized carbons (Fsp3) is 0.818. The van der Waals surface area contributed by atoms with Gasteiger partial charge in [-0.25, -0.2) is 9.50 Å². The van der Waals surface area contributed by atoms with Crippen molar-refractivity contribution in [3.05, 3.63) is 16.9 Å². The minimum atomic E-state index is 0.662. The van der Waals surface area contributed by atoms with E-state index in [1.54, 1.807) is 0 Å². The third-order valence-corrected chi connectivity index (χ3v) is 7.64. The predicted molar refractivity (Wildman–Crippen MR) is 110 cm³/mol. The molecule has 0 N–H and O–H groups in total. The zero-order valence-electron chi connectivity index (χ0n) is 16.3. The number of aromatic nitrogens is 3. The molecule has 2 fully saturated rings. The van der Waals surface area contributed by atoms with Gasteiger partial charge in [0.15, 0.2) is 0 Å². The van der Waals surface area contributed by atoms with Crippen molar-refractivity contribution in [2.45, 2.75) is 115 Å². The summed E-state index contributed by atoms with van der Waals surface area (Å²) in [5.41, 5.74) is 1.31. The Morgan fingerprint density at radius 2 is 1.19 bits per heavy atom. The highest BCUT2D eigenvalue weighted by molar-refractivity contribution is 7.16. The van der Waals surface area contributed by atoms with E-state index in [0.29, 0.717) is 11.8 Å². The molecule has 2 saturated carbocycles. The molecule has 2 aliphatic carbocycles. The van der Waals surface area contributed by atoms with Crippen LogP contribution >= 0.6 is 11.3 Å². The summed E-state index contributed by atoms with van der Waals surface area (Å²) in [5.74, 6) is 1.34. The van der Waals surface area contributed by atoms with Crippen molar-refractivity contribution >= 4 is 16.3 Å². The summed E-state index contributed by atoms with van der Waals surface area (Å²) >= 11 is 1.87. The Morgan fingerprint density at radius 1 is 0.692 bits per heavy atom. The van der Waals surface area contributed by atoms with Crippen molar-refractivity contribution in [2.24, 2.45) is 0 Å². The summed E-state index contributed by atoms with van der Waals surface area (Å²) in [5, 5.41) is 6.33. The number of imidazole rings is 1. The highest BCUT2D eigenvalue weighted by atomic mass is 32.1. The number of hydrogen-bond acceptors (Lipinski definition) is 3. The maximum atomic E-state index is 5.03. The van der Waals surface area contributed by atoms with Gasteiger partial charge >= 0.3 is 0 Å². The van der Waals surface area contributed by atoms with Crippen LogP contribution in [0.5, 0.6) is 0 Å². The molecule has 0 aromatic carbocycles. The van der Waals surface area contributed by atoms with Crippen LogP contribution in [0.2, 0.25) is 0 Å². The molecule has 2 aliphatic rings. The fourth-order valence-corrected chi connectivity index (χ4v) is 5.96. The van der Waals surface area contributed by atoms with Gasteiger partial charge in [-0.2, -0.15) is 5.10 Å². The van der Waals surface area contributed by atoms with Gasteiger partial charge < -0.3 is 0 Å². The van der Waals surface area contributed by atoms with Crippen LogP contribution in [0.15, 0.2) is 6.20 Å². The quantitative estimate of drug-likeness (QED) is 0.556. The molecular weight excluding hydrogens is 338 g/mol. The van der Waals surface area contributed by atoms with Crippen LogP contribution in [0.1, 0.15) is 125 Å². The maximum Gasteiger partial charge on any atom is 0.212 e. The molecule has 4 rings (SSSR count). The SMILES string of the molecule is c1c(C2CCCCCCCC2)nc2sc(C3CCCCCCCC3)nn12. The Bertz CT molecular complexity index is 569. The van der Waals surface area contributed by atoms with E-state index in [1.807, 2.05) is 11.3 Å². The first-order valence-electron chi connectivity index (χ1n) is 11.3. The second-order valence-corrected chi connectivity index (χ2v) is 9.61. The van der Waals surface area contributed by atoms with Crippen molar-refractivity contribution in [1.29, 1.82) is 0 Å². The van der Waals surface area contributed by atoms with Gasteiger partial charge in [0.05, 0.1) is 11.9 Å². The first-order chi connectivity index (χ1) is 12.9. The van der Waals surface area contributed by atoms with E-state index < -0.39 is 0 Å². The molecule has 0 radical (unpaired) electrons. The Labute approximate surface area is 162 Å². The molecule has 0 spiro atoms.